The molecule has 1 atom stereocenters. The van der Waals surface area contributed by atoms with E-state index in [1.54, 1.807) is 31.5 Å². The molecule has 37 heavy (non-hydrogen) atoms. The second-order valence-corrected chi connectivity index (χ2v) is 9.94. The largest absolute Gasteiger partial charge is 0.496 e. The van der Waals surface area contributed by atoms with Crippen molar-refractivity contribution in [2.24, 2.45) is 4.99 Å². The molecule has 5 heteroatoms. The van der Waals surface area contributed by atoms with Crippen LogP contribution in [0.3, 0.4) is 0 Å². The first-order chi connectivity index (χ1) is 18.0. The number of aliphatic imine (C=N–C) groups is 1. The van der Waals surface area contributed by atoms with E-state index in [0.29, 0.717) is 23.7 Å². The van der Waals surface area contributed by atoms with E-state index in [-0.39, 0.29) is 11.3 Å². The second kappa shape index (κ2) is 10.6. The third-order valence-electron chi connectivity index (χ3n) is 7.59. The van der Waals surface area contributed by atoms with Gasteiger partial charge in [-0.1, -0.05) is 61.7 Å². The maximum absolute atomic E-state index is 13.9. The summed E-state index contributed by atoms with van der Waals surface area (Å²) in [5.41, 5.74) is 3.60. The van der Waals surface area contributed by atoms with Gasteiger partial charge in [0.2, 0.25) is 0 Å². The predicted octanol–water partition coefficient (Wildman–Crippen LogP) is 6.91. The quantitative estimate of drug-likeness (QED) is 0.346. The summed E-state index contributed by atoms with van der Waals surface area (Å²) in [4.78, 5) is 30.0. The molecule has 3 aromatic rings. The van der Waals surface area contributed by atoms with Crippen molar-refractivity contribution in [3.63, 3.8) is 0 Å². The highest BCUT2D eigenvalue weighted by atomic mass is 16.5. The van der Waals surface area contributed by atoms with Gasteiger partial charge in [-0.15, -0.1) is 0 Å². The van der Waals surface area contributed by atoms with Crippen LogP contribution in [0.15, 0.2) is 83.9 Å². The first-order valence-corrected chi connectivity index (χ1v) is 12.9. The fourth-order valence-corrected chi connectivity index (χ4v) is 5.55. The molecule has 1 heterocycles. The number of ketones is 1. The van der Waals surface area contributed by atoms with Crippen LogP contribution in [-0.4, -0.2) is 35.7 Å². The van der Waals surface area contributed by atoms with Crippen LogP contribution in [0.4, 0.5) is 0 Å². The van der Waals surface area contributed by atoms with E-state index in [1.165, 1.54) is 37.7 Å². The number of hydrogen-bond acceptors (Lipinski definition) is 4. The van der Waals surface area contributed by atoms with Crippen LogP contribution in [0, 0.1) is 0 Å². The van der Waals surface area contributed by atoms with Gasteiger partial charge in [0.25, 0.3) is 0 Å². The number of nitrogens with zero attached hydrogens (tertiary/aromatic N) is 1. The summed E-state index contributed by atoms with van der Waals surface area (Å²) < 4.78 is 5.64. The lowest BCUT2D eigenvalue weighted by atomic mass is 9.81. The number of carboxylic acid groups (broad SMARTS) is 1. The van der Waals surface area contributed by atoms with Crippen LogP contribution >= 0.6 is 0 Å². The molecule has 0 radical (unpaired) electrons. The van der Waals surface area contributed by atoms with Gasteiger partial charge in [0.05, 0.1) is 12.7 Å². The van der Waals surface area contributed by atoms with Gasteiger partial charge in [0.15, 0.2) is 5.78 Å². The second-order valence-electron chi connectivity index (χ2n) is 9.94. The standard InChI is InChI=1S/C32H31NO4/c1-37-29-16-15-26(25-9-5-10-27(19-25)31(35)36)20-28(29)21-32(17-6-18-33-32)30(34)24-13-11-23(12-14-24)22-7-3-2-4-8-22/h5-6,9-20,22H,2-4,7-8,21H2,1H3,(H,35,36). The summed E-state index contributed by atoms with van der Waals surface area (Å²) in [6, 6.07) is 20.6. The van der Waals surface area contributed by atoms with Gasteiger partial charge >= 0.3 is 5.97 Å². The third kappa shape index (κ3) is 5.12. The number of Topliss-reactive ketones (excluding diaryl/α,β-unsaturated/α-hetero) is 1. The minimum Gasteiger partial charge on any atom is -0.496 e. The van der Waals surface area contributed by atoms with E-state index in [9.17, 15) is 14.7 Å². The Balaban J connectivity index is 1.45. The summed E-state index contributed by atoms with van der Waals surface area (Å²) in [6.45, 7) is 0. The van der Waals surface area contributed by atoms with Crippen molar-refractivity contribution in [2.75, 3.05) is 7.11 Å². The van der Waals surface area contributed by atoms with Crippen LogP contribution in [0.2, 0.25) is 0 Å². The van der Waals surface area contributed by atoms with Crippen LogP contribution in [-0.2, 0) is 6.42 Å². The van der Waals surface area contributed by atoms with E-state index in [1.807, 2.05) is 48.6 Å². The molecule has 3 aromatic carbocycles. The molecule has 2 aliphatic rings. The first-order valence-electron chi connectivity index (χ1n) is 12.9. The molecule has 188 valence electrons. The molecule has 0 bridgehead atoms. The van der Waals surface area contributed by atoms with Gasteiger partial charge in [0.1, 0.15) is 11.3 Å². The van der Waals surface area contributed by atoms with E-state index in [0.717, 1.165) is 16.7 Å². The molecule has 1 fully saturated rings. The summed E-state index contributed by atoms with van der Waals surface area (Å²) in [5, 5.41) is 9.40. The zero-order chi connectivity index (χ0) is 25.8. The molecule has 1 aliphatic heterocycles. The van der Waals surface area contributed by atoms with Crippen LogP contribution in [0.25, 0.3) is 11.1 Å². The highest BCUT2D eigenvalue weighted by Gasteiger charge is 2.38. The van der Waals surface area contributed by atoms with Gasteiger partial charge in [-0.05, 0) is 77.4 Å². The lowest BCUT2D eigenvalue weighted by molar-refractivity contribution is 0.0696. The monoisotopic (exact) mass is 493 g/mol. The van der Waals surface area contributed by atoms with Crippen LogP contribution in [0.1, 0.15) is 69.9 Å². The van der Waals surface area contributed by atoms with Gasteiger partial charge in [-0.25, -0.2) is 4.79 Å². The van der Waals surface area contributed by atoms with Crippen LogP contribution in [0.5, 0.6) is 5.75 Å². The number of carbonyl (C=O) groups is 2. The summed E-state index contributed by atoms with van der Waals surface area (Å²) in [5.74, 6) is 0.226. The Labute approximate surface area is 217 Å². The highest BCUT2D eigenvalue weighted by molar-refractivity contribution is 6.07. The molecule has 0 amide bonds. The van der Waals surface area contributed by atoms with Gasteiger partial charge in [0, 0.05) is 18.2 Å². The number of benzene rings is 3. The SMILES string of the molecule is COc1ccc(-c2cccc(C(=O)O)c2)cc1CC1(C(=O)c2ccc(C3CCCCC3)cc2)C=CC=N1. The smallest absolute Gasteiger partial charge is 0.335 e. The number of ether oxygens (including phenoxy) is 1. The molecule has 1 unspecified atom stereocenters. The Kier molecular flexibility index (Phi) is 7.04. The number of aromatic carboxylic acids is 1. The summed E-state index contributed by atoms with van der Waals surface area (Å²) in [6.07, 6.45) is 12.0. The normalized spacial score (nSPS) is 19.2. The van der Waals surface area contributed by atoms with Crippen molar-refractivity contribution in [2.45, 2.75) is 50.0 Å². The molecule has 1 saturated carbocycles. The van der Waals surface area contributed by atoms with Crippen molar-refractivity contribution >= 4 is 18.0 Å². The van der Waals surface area contributed by atoms with E-state index < -0.39 is 11.5 Å². The fourth-order valence-electron chi connectivity index (χ4n) is 5.55. The third-order valence-corrected chi connectivity index (χ3v) is 7.59. The Morgan fingerprint density at radius 1 is 0.946 bits per heavy atom. The maximum atomic E-state index is 13.9. The molecule has 1 aliphatic carbocycles. The van der Waals surface area contributed by atoms with Crippen LogP contribution < -0.4 is 4.74 Å². The predicted molar refractivity (Wildman–Crippen MR) is 146 cm³/mol. The Bertz CT molecular complexity index is 1350. The van der Waals surface area contributed by atoms with E-state index in [2.05, 4.69) is 17.1 Å². The summed E-state index contributed by atoms with van der Waals surface area (Å²) in [7, 11) is 1.61. The van der Waals surface area contributed by atoms with E-state index in [4.69, 9.17) is 4.74 Å². The number of carbonyl (C=O) groups excluding carboxylic acids is 1. The zero-order valence-electron chi connectivity index (χ0n) is 21.0. The molecule has 0 spiro atoms. The molecule has 5 rings (SSSR count). The van der Waals surface area contributed by atoms with E-state index >= 15 is 0 Å². The topological polar surface area (TPSA) is 76.0 Å². The Morgan fingerprint density at radius 3 is 2.38 bits per heavy atom. The number of methoxy groups -OCH3 is 1. The van der Waals surface area contributed by atoms with Crippen molar-refractivity contribution in [1.29, 1.82) is 0 Å². The maximum Gasteiger partial charge on any atom is 0.335 e. The highest BCUT2D eigenvalue weighted by Crippen LogP contribution is 2.36. The number of allylic oxidation sites excluding steroid dienone is 1. The van der Waals surface area contributed by atoms with Crippen molar-refractivity contribution in [3.05, 3.63) is 101 Å². The molecular weight excluding hydrogens is 462 g/mol. The Hall–Kier alpha value is -3.99. The average molecular weight is 494 g/mol. The minimum atomic E-state index is -1.05. The van der Waals surface area contributed by atoms with Gasteiger partial charge in [-0.2, -0.15) is 0 Å². The Morgan fingerprint density at radius 2 is 1.70 bits per heavy atom. The van der Waals surface area contributed by atoms with Gasteiger partial charge in [-0.3, -0.25) is 9.79 Å². The molecule has 5 nitrogen and oxygen atoms in total. The van der Waals surface area contributed by atoms with Gasteiger partial charge < -0.3 is 9.84 Å². The number of rotatable bonds is 8. The summed E-state index contributed by atoms with van der Waals surface area (Å²) >= 11 is 0. The minimum absolute atomic E-state index is 0.0481. The lowest BCUT2D eigenvalue weighted by Crippen LogP contribution is -2.36. The number of carboxylic acids is 1. The molecule has 1 N–H and O–H groups in total. The zero-order valence-corrected chi connectivity index (χ0v) is 21.0. The fraction of sp³-hybridized carbons (Fsp3) is 0.281. The van der Waals surface area contributed by atoms with Crippen molar-refractivity contribution in [1.82, 2.24) is 0 Å². The lowest BCUT2D eigenvalue weighted by Gasteiger charge is -2.25. The van der Waals surface area contributed by atoms with Crippen molar-refractivity contribution in [3.8, 4) is 16.9 Å². The van der Waals surface area contributed by atoms with Crippen molar-refractivity contribution < 1.29 is 19.4 Å². The number of hydrogen-bond donors (Lipinski definition) is 1. The molecule has 0 aromatic heterocycles. The first kappa shape index (κ1) is 24.7. The average Bonchev–Trinajstić information content (AvgIpc) is 3.43. The molecule has 0 saturated heterocycles. The molecular formula is C32H31NO4.